The van der Waals surface area contributed by atoms with E-state index in [4.69, 9.17) is 4.42 Å². The molecule has 52 heavy (non-hydrogen) atoms. The summed E-state index contributed by atoms with van der Waals surface area (Å²) in [6, 6.07) is 51.7. The first-order valence-electron chi connectivity index (χ1n) is 18.4. The van der Waals surface area contributed by atoms with Crippen LogP contribution in [0.4, 0.5) is 17.1 Å². The lowest BCUT2D eigenvalue weighted by atomic mass is 9.81. The number of furan rings is 1. The maximum Gasteiger partial charge on any atom is 0.143 e. The number of hydrogen-bond acceptors (Lipinski definition) is 2. The van der Waals surface area contributed by atoms with Gasteiger partial charge in [-0.25, -0.2) is 0 Å². The van der Waals surface area contributed by atoms with Crippen molar-refractivity contribution in [3.05, 3.63) is 173 Å². The predicted octanol–water partition coefficient (Wildman–Crippen LogP) is 14.0. The molecule has 0 bridgehead atoms. The van der Waals surface area contributed by atoms with Crippen molar-refractivity contribution in [1.29, 1.82) is 0 Å². The van der Waals surface area contributed by atoms with Crippen LogP contribution < -0.4 is 4.90 Å². The van der Waals surface area contributed by atoms with E-state index >= 15 is 0 Å². The van der Waals surface area contributed by atoms with Crippen molar-refractivity contribution in [2.75, 3.05) is 4.90 Å². The van der Waals surface area contributed by atoms with Crippen molar-refractivity contribution in [2.45, 2.75) is 52.4 Å². The minimum atomic E-state index is -0.111. The molecular formula is C50H41NO. The van der Waals surface area contributed by atoms with Crippen LogP contribution in [0.1, 0.15) is 61.1 Å². The molecular weight excluding hydrogens is 631 g/mol. The summed E-state index contributed by atoms with van der Waals surface area (Å²) in [7, 11) is 0. The third-order valence-electron chi connectivity index (χ3n) is 12.0. The second-order valence-electron chi connectivity index (χ2n) is 15.9. The number of hydrogen-bond donors (Lipinski definition) is 0. The van der Waals surface area contributed by atoms with E-state index in [1.807, 2.05) is 6.07 Å². The van der Waals surface area contributed by atoms with Crippen LogP contribution in [0, 0.1) is 13.8 Å². The molecule has 8 aromatic rings. The molecule has 7 aromatic carbocycles. The summed E-state index contributed by atoms with van der Waals surface area (Å²) >= 11 is 0. The molecule has 2 aliphatic rings. The molecule has 0 N–H and O–H groups in total. The Kier molecular flexibility index (Phi) is 6.44. The Labute approximate surface area is 306 Å². The van der Waals surface area contributed by atoms with Gasteiger partial charge >= 0.3 is 0 Å². The van der Waals surface area contributed by atoms with Gasteiger partial charge in [-0.3, -0.25) is 0 Å². The minimum absolute atomic E-state index is 0.108. The summed E-state index contributed by atoms with van der Waals surface area (Å²) in [6.45, 7) is 13.9. The molecule has 0 saturated carbocycles. The molecule has 0 saturated heterocycles. The molecule has 0 spiro atoms. The SMILES string of the molecule is Cc1ccc2c(c1)C(C)(C)c1cc(C)cc(N(c3ccc(-c4cccc5c4oc4ccccc45)cc3)c3ccc4c(c3)C(C)(C)c3ccccc3-4)c1-2. The number of rotatable bonds is 4. The second-order valence-corrected chi connectivity index (χ2v) is 15.9. The van der Waals surface area contributed by atoms with Crippen molar-refractivity contribution in [1.82, 2.24) is 0 Å². The van der Waals surface area contributed by atoms with Gasteiger partial charge in [-0.15, -0.1) is 0 Å². The molecule has 0 amide bonds. The molecule has 0 aliphatic heterocycles. The zero-order chi connectivity index (χ0) is 35.5. The van der Waals surface area contributed by atoms with E-state index in [1.54, 1.807) is 0 Å². The third-order valence-corrected chi connectivity index (χ3v) is 12.0. The third kappa shape index (κ3) is 4.30. The van der Waals surface area contributed by atoms with Crippen molar-refractivity contribution >= 4 is 39.0 Å². The maximum atomic E-state index is 6.46. The molecule has 0 unspecified atom stereocenters. The van der Waals surface area contributed by atoms with Gasteiger partial charge < -0.3 is 9.32 Å². The molecule has 0 fully saturated rings. The van der Waals surface area contributed by atoms with E-state index in [9.17, 15) is 0 Å². The normalized spacial score (nSPS) is 14.7. The number of benzene rings is 7. The highest BCUT2D eigenvalue weighted by molar-refractivity contribution is 6.09. The van der Waals surface area contributed by atoms with Crippen LogP contribution in [-0.2, 0) is 10.8 Å². The summed E-state index contributed by atoms with van der Waals surface area (Å²) in [6.07, 6.45) is 0. The summed E-state index contributed by atoms with van der Waals surface area (Å²) in [5.74, 6) is 0. The Morgan fingerprint density at radius 3 is 1.94 bits per heavy atom. The van der Waals surface area contributed by atoms with E-state index in [-0.39, 0.29) is 10.8 Å². The summed E-state index contributed by atoms with van der Waals surface area (Å²) < 4.78 is 6.46. The molecule has 1 heterocycles. The fourth-order valence-electron chi connectivity index (χ4n) is 9.28. The highest BCUT2D eigenvalue weighted by Crippen LogP contribution is 2.56. The average Bonchev–Trinajstić information content (AvgIpc) is 3.72. The first-order valence-corrected chi connectivity index (χ1v) is 18.4. The monoisotopic (exact) mass is 671 g/mol. The molecule has 2 aliphatic carbocycles. The Balaban J connectivity index is 1.19. The van der Waals surface area contributed by atoms with E-state index in [1.165, 1.54) is 61.3 Å². The van der Waals surface area contributed by atoms with Gasteiger partial charge in [0.15, 0.2) is 0 Å². The lowest BCUT2D eigenvalue weighted by Crippen LogP contribution is -2.18. The van der Waals surface area contributed by atoms with Crippen molar-refractivity contribution in [3.8, 4) is 33.4 Å². The van der Waals surface area contributed by atoms with Gasteiger partial charge in [0, 0.05) is 44.1 Å². The Morgan fingerprint density at radius 1 is 0.462 bits per heavy atom. The molecule has 2 heteroatoms. The van der Waals surface area contributed by atoms with Gasteiger partial charge in [-0.2, -0.15) is 0 Å². The standard InChI is InChI=1S/C50H41NO/c1-30-18-24-40-42(26-30)50(5,6)44-27-31(2)28-45(47(40)44)51(34-23-25-37-36-12-7-9-16-41(36)49(3,4)43(37)29-34)33-21-19-32(20-22-33)35-14-11-15-39-38-13-8-10-17-46(38)52-48(35)39/h7-29H,1-6H3. The molecule has 252 valence electrons. The Morgan fingerprint density at radius 2 is 1.10 bits per heavy atom. The van der Waals surface area contributed by atoms with Crippen molar-refractivity contribution in [3.63, 3.8) is 0 Å². The number of aryl methyl sites for hydroxylation is 2. The van der Waals surface area contributed by atoms with Crippen LogP contribution in [0.25, 0.3) is 55.3 Å². The summed E-state index contributed by atoms with van der Waals surface area (Å²) in [5, 5.41) is 2.29. The number of nitrogens with zero attached hydrogens (tertiary/aromatic N) is 1. The predicted molar refractivity (Wildman–Crippen MR) is 218 cm³/mol. The lowest BCUT2D eigenvalue weighted by molar-refractivity contribution is 0.659. The molecule has 10 rings (SSSR count). The van der Waals surface area contributed by atoms with Crippen molar-refractivity contribution in [2.24, 2.45) is 0 Å². The topological polar surface area (TPSA) is 16.4 Å². The van der Waals surface area contributed by atoms with E-state index in [0.717, 1.165) is 44.4 Å². The van der Waals surface area contributed by atoms with Crippen LogP contribution >= 0.6 is 0 Å². The van der Waals surface area contributed by atoms with Crippen LogP contribution in [0.5, 0.6) is 0 Å². The molecule has 2 nitrogen and oxygen atoms in total. The van der Waals surface area contributed by atoms with E-state index in [2.05, 4.69) is 180 Å². The molecule has 1 aromatic heterocycles. The van der Waals surface area contributed by atoms with Gasteiger partial charge in [0.25, 0.3) is 0 Å². The number of fused-ring (bicyclic) bond motifs is 9. The molecule has 0 radical (unpaired) electrons. The zero-order valence-corrected chi connectivity index (χ0v) is 30.6. The first kappa shape index (κ1) is 30.9. The fraction of sp³-hybridized carbons (Fsp3) is 0.160. The highest BCUT2D eigenvalue weighted by Gasteiger charge is 2.39. The summed E-state index contributed by atoms with van der Waals surface area (Å²) in [4.78, 5) is 2.50. The van der Waals surface area contributed by atoms with Gasteiger partial charge in [0.05, 0.1) is 5.69 Å². The van der Waals surface area contributed by atoms with E-state index < -0.39 is 0 Å². The number of anilines is 3. The van der Waals surface area contributed by atoms with Crippen LogP contribution in [-0.4, -0.2) is 0 Å². The van der Waals surface area contributed by atoms with E-state index in [0.29, 0.717) is 0 Å². The Hall–Kier alpha value is -5.86. The van der Waals surface area contributed by atoms with Crippen LogP contribution in [0.3, 0.4) is 0 Å². The lowest BCUT2D eigenvalue weighted by Gasteiger charge is -2.31. The van der Waals surface area contributed by atoms with Gasteiger partial charge in [-0.05, 0) is 100 Å². The minimum Gasteiger partial charge on any atom is -0.455 e. The van der Waals surface area contributed by atoms with Gasteiger partial charge in [0.1, 0.15) is 11.2 Å². The largest absolute Gasteiger partial charge is 0.455 e. The first-order chi connectivity index (χ1) is 25.1. The van der Waals surface area contributed by atoms with Gasteiger partial charge in [-0.1, -0.05) is 136 Å². The zero-order valence-electron chi connectivity index (χ0n) is 30.6. The second kappa shape index (κ2) is 10.8. The van der Waals surface area contributed by atoms with Gasteiger partial charge in [0.2, 0.25) is 0 Å². The maximum absolute atomic E-state index is 6.46. The highest BCUT2D eigenvalue weighted by atomic mass is 16.3. The smallest absolute Gasteiger partial charge is 0.143 e. The average molecular weight is 672 g/mol. The Bertz CT molecular complexity index is 2760. The van der Waals surface area contributed by atoms with Crippen LogP contribution in [0.15, 0.2) is 144 Å². The quantitative estimate of drug-likeness (QED) is 0.185. The number of para-hydroxylation sites is 2. The fourth-order valence-corrected chi connectivity index (χ4v) is 9.28. The summed E-state index contributed by atoms with van der Waals surface area (Å²) in [5.41, 5.74) is 20.8. The van der Waals surface area contributed by atoms with Crippen LogP contribution in [0.2, 0.25) is 0 Å². The molecule has 0 atom stereocenters. The van der Waals surface area contributed by atoms with Crippen molar-refractivity contribution < 1.29 is 4.42 Å².